The van der Waals surface area contributed by atoms with Crippen LogP contribution in [0, 0.1) is 0 Å². The fourth-order valence-corrected chi connectivity index (χ4v) is 1.57. The molecule has 0 N–H and O–H groups in total. The molecule has 0 aliphatic carbocycles. The minimum atomic E-state index is -0.378. The molecule has 88 valence electrons. The molecule has 0 fully saturated rings. The predicted octanol–water partition coefficient (Wildman–Crippen LogP) is 1.75. The Hall–Kier alpha value is -2.17. The number of pyridine rings is 1. The Morgan fingerprint density at radius 3 is 2.71 bits per heavy atom. The molecule has 0 saturated heterocycles. The molecule has 0 aliphatic rings. The smallest absolute Gasteiger partial charge is 0.341 e. The van der Waals surface area contributed by atoms with E-state index in [0.717, 1.165) is 5.56 Å². The molecule has 0 atom stereocenters. The van der Waals surface area contributed by atoms with E-state index >= 15 is 0 Å². The van der Waals surface area contributed by atoms with E-state index in [1.807, 2.05) is 19.1 Å². The van der Waals surface area contributed by atoms with Crippen LogP contribution in [0.15, 0.2) is 30.7 Å². The maximum atomic E-state index is 11.6. The molecule has 0 aliphatic heterocycles. The summed E-state index contributed by atoms with van der Waals surface area (Å²) < 4.78 is 6.46. The highest BCUT2D eigenvalue weighted by Gasteiger charge is 2.17. The number of aromatic nitrogens is 3. The fraction of sp³-hybridized carbons (Fsp3) is 0.250. The van der Waals surface area contributed by atoms with Crippen molar-refractivity contribution in [1.29, 1.82) is 0 Å². The lowest BCUT2D eigenvalue weighted by molar-refractivity contribution is 0.0601. The molecule has 5 nitrogen and oxygen atoms in total. The number of hydrogen-bond acceptors (Lipinski definition) is 4. The molecule has 2 aromatic rings. The summed E-state index contributed by atoms with van der Waals surface area (Å²) in [6.07, 6.45) is 5.03. The summed E-state index contributed by atoms with van der Waals surface area (Å²) in [6.45, 7) is 2.67. The molecule has 2 aromatic heterocycles. The van der Waals surface area contributed by atoms with Crippen LogP contribution >= 0.6 is 0 Å². The first-order chi connectivity index (χ1) is 8.26. The van der Waals surface area contributed by atoms with Gasteiger partial charge in [0.15, 0.2) is 0 Å². The second-order valence-corrected chi connectivity index (χ2v) is 3.47. The van der Waals surface area contributed by atoms with Gasteiger partial charge in [-0.2, -0.15) is 5.10 Å². The summed E-state index contributed by atoms with van der Waals surface area (Å²) in [5, 5.41) is 4.36. The molecular weight excluding hydrogens is 218 g/mol. The second kappa shape index (κ2) is 4.78. The third kappa shape index (κ3) is 2.18. The number of carbonyl (C=O) groups excluding carboxylic acids is 1. The van der Waals surface area contributed by atoms with Crippen LogP contribution in [0.2, 0.25) is 0 Å². The average molecular weight is 231 g/mol. The molecule has 0 saturated carbocycles. The van der Waals surface area contributed by atoms with E-state index in [1.54, 1.807) is 23.3 Å². The molecular formula is C12H13N3O2. The summed E-state index contributed by atoms with van der Waals surface area (Å²) in [4.78, 5) is 15.6. The lowest BCUT2D eigenvalue weighted by atomic mass is 10.1. The predicted molar refractivity (Wildman–Crippen MR) is 62.5 cm³/mol. The van der Waals surface area contributed by atoms with Crippen LogP contribution in [-0.4, -0.2) is 27.8 Å². The summed E-state index contributed by atoms with van der Waals surface area (Å²) in [7, 11) is 1.36. The van der Waals surface area contributed by atoms with E-state index in [9.17, 15) is 4.79 Å². The van der Waals surface area contributed by atoms with Gasteiger partial charge in [0.1, 0.15) is 11.3 Å². The van der Waals surface area contributed by atoms with Crippen molar-refractivity contribution in [2.45, 2.75) is 13.5 Å². The number of rotatable bonds is 3. The molecule has 0 radical (unpaired) electrons. The Balaban J connectivity index is 2.52. The van der Waals surface area contributed by atoms with Crippen molar-refractivity contribution in [2.75, 3.05) is 7.11 Å². The summed E-state index contributed by atoms with van der Waals surface area (Å²) in [5.41, 5.74) is 1.95. The van der Waals surface area contributed by atoms with Crippen molar-refractivity contribution in [3.8, 4) is 11.3 Å². The fourth-order valence-electron chi connectivity index (χ4n) is 1.57. The monoisotopic (exact) mass is 231 g/mol. The van der Waals surface area contributed by atoms with E-state index in [1.165, 1.54) is 7.11 Å². The van der Waals surface area contributed by atoms with Crippen molar-refractivity contribution in [3.05, 3.63) is 36.3 Å². The summed E-state index contributed by atoms with van der Waals surface area (Å²) in [5.74, 6) is -0.378. The Labute approximate surface area is 99.1 Å². The average Bonchev–Trinajstić information content (AvgIpc) is 2.83. The van der Waals surface area contributed by atoms with Crippen molar-refractivity contribution < 1.29 is 9.53 Å². The van der Waals surface area contributed by atoms with Gasteiger partial charge < -0.3 is 4.74 Å². The topological polar surface area (TPSA) is 57.0 Å². The number of carbonyl (C=O) groups is 1. The first-order valence-electron chi connectivity index (χ1n) is 5.32. The third-order valence-electron chi connectivity index (χ3n) is 2.44. The lowest BCUT2D eigenvalue weighted by Crippen LogP contribution is -2.01. The molecule has 0 spiro atoms. The minimum Gasteiger partial charge on any atom is -0.465 e. The van der Waals surface area contributed by atoms with Gasteiger partial charge in [-0.3, -0.25) is 9.67 Å². The normalized spacial score (nSPS) is 10.2. The first-order valence-corrected chi connectivity index (χ1v) is 5.32. The van der Waals surface area contributed by atoms with E-state index in [-0.39, 0.29) is 5.97 Å². The highest BCUT2D eigenvalue weighted by atomic mass is 16.5. The van der Waals surface area contributed by atoms with Crippen LogP contribution in [0.5, 0.6) is 0 Å². The maximum Gasteiger partial charge on any atom is 0.341 e. The van der Waals surface area contributed by atoms with Crippen LogP contribution in [0.4, 0.5) is 0 Å². The highest BCUT2D eigenvalue weighted by molar-refractivity contribution is 5.95. The van der Waals surface area contributed by atoms with Gasteiger partial charge in [0.05, 0.1) is 7.11 Å². The molecule has 5 heteroatoms. The van der Waals surface area contributed by atoms with Gasteiger partial charge in [0.25, 0.3) is 0 Å². The van der Waals surface area contributed by atoms with E-state index in [2.05, 4.69) is 10.1 Å². The zero-order chi connectivity index (χ0) is 12.3. The van der Waals surface area contributed by atoms with Crippen LogP contribution in [0.1, 0.15) is 17.3 Å². The Kier molecular flexibility index (Phi) is 3.18. The number of aryl methyl sites for hydroxylation is 1. The largest absolute Gasteiger partial charge is 0.465 e. The van der Waals surface area contributed by atoms with Crippen molar-refractivity contribution in [3.63, 3.8) is 0 Å². The Morgan fingerprint density at radius 1 is 1.41 bits per heavy atom. The van der Waals surface area contributed by atoms with Crippen molar-refractivity contribution in [2.24, 2.45) is 0 Å². The molecule has 0 aromatic carbocycles. The molecule has 0 bridgehead atoms. The van der Waals surface area contributed by atoms with Gasteiger partial charge in [0.2, 0.25) is 0 Å². The third-order valence-corrected chi connectivity index (χ3v) is 2.44. The van der Waals surface area contributed by atoms with Gasteiger partial charge in [0, 0.05) is 30.7 Å². The lowest BCUT2D eigenvalue weighted by Gasteiger charge is -1.99. The zero-order valence-electron chi connectivity index (χ0n) is 9.75. The highest BCUT2D eigenvalue weighted by Crippen LogP contribution is 2.21. The van der Waals surface area contributed by atoms with Crippen LogP contribution in [0.25, 0.3) is 11.3 Å². The standard InChI is InChI=1S/C12H13N3O2/c1-3-15-8-10(12(16)17-2)11(14-15)9-4-6-13-7-5-9/h4-8H,3H2,1-2H3. The Bertz CT molecular complexity index is 520. The van der Waals surface area contributed by atoms with Gasteiger partial charge in [-0.05, 0) is 19.1 Å². The maximum absolute atomic E-state index is 11.6. The van der Waals surface area contributed by atoms with Gasteiger partial charge in [-0.25, -0.2) is 4.79 Å². The molecule has 2 rings (SSSR count). The van der Waals surface area contributed by atoms with Crippen LogP contribution in [0.3, 0.4) is 0 Å². The number of ether oxygens (including phenoxy) is 1. The summed E-state index contributed by atoms with van der Waals surface area (Å²) >= 11 is 0. The van der Waals surface area contributed by atoms with Gasteiger partial charge >= 0.3 is 5.97 Å². The number of nitrogens with zero attached hydrogens (tertiary/aromatic N) is 3. The minimum absolute atomic E-state index is 0.378. The second-order valence-electron chi connectivity index (χ2n) is 3.47. The number of methoxy groups -OCH3 is 1. The van der Waals surface area contributed by atoms with Crippen LogP contribution in [-0.2, 0) is 11.3 Å². The summed E-state index contributed by atoms with van der Waals surface area (Å²) in [6, 6.07) is 3.63. The van der Waals surface area contributed by atoms with Gasteiger partial charge in [-0.15, -0.1) is 0 Å². The quantitative estimate of drug-likeness (QED) is 0.755. The molecule has 2 heterocycles. The molecule has 0 unspecified atom stereocenters. The van der Waals surface area contributed by atoms with Gasteiger partial charge in [-0.1, -0.05) is 0 Å². The van der Waals surface area contributed by atoms with Crippen molar-refractivity contribution in [1.82, 2.24) is 14.8 Å². The number of hydrogen-bond donors (Lipinski definition) is 0. The van der Waals surface area contributed by atoms with E-state index in [4.69, 9.17) is 4.74 Å². The van der Waals surface area contributed by atoms with E-state index < -0.39 is 0 Å². The molecule has 0 amide bonds. The number of esters is 1. The zero-order valence-corrected chi connectivity index (χ0v) is 9.75. The SMILES string of the molecule is CCn1cc(C(=O)OC)c(-c2ccncc2)n1. The van der Waals surface area contributed by atoms with Crippen molar-refractivity contribution >= 4 is 5.97 Å². The first kappa shape index (κ1) is 11.3. The molecule has 17 heavy (non-hydrogen) atoms. The Morgan fingerprint density at radius 2 is 2.12 bits per heavy atom. The van der Waals surface area contributed by atoms with E-state index in [0.29, 0.717) is 17.8 Å². The van der Waals surface area contributed by atoms with Crippen LogP contribution < -0.4 is 0 Å².